The molecule has 2 amide bonds. The number of amides is 2. The summed E-state index contributed by atoms with van der Waals surface area (Å²) in [4.78, 5) is 24.8. The molecule has 0 spiro atoms. The summed E-state index contributed by atoms with van der Waals surface area (Å²) in [6, 6.07) is 7.42. The highest BCUT2D eigenvalue weighted by molar-refractivity contribution is 6.41. The molecule has 0 saturated carbocycles. The van der Waals surface area contributed by atoms with Crippen molar-refractivity contribution in [1.29, 1.82) is 0 Å². The van der Waals surface area contributed by atoms with Gasteiger partial charge in [0.15, 0.2) is 0 Å². The van der Waals surface area contributed by atoms with Gasteiger partial charge in [-0.15, -0.1) is 0 Å². The van der Waals surface area contributed by atoms with Crippen molar-refractivity contribution in [3.63, 3.8) is 0 Å². The van der Waals surface area contributed by atoms with E-state index in [1.54, 1.807) is 0 Å². The molecule has 0 aromatic heterocycles. The molecule has 0 atom stereocenters. The Bertz CT molecular complexity index is 491. The molecule has 3 N–H and O–H groups in total. The number of nitrogens with one attached hydrogen (secondary N) is 1. The molecule has 2 rings (SSSR count). The van der Waals surface area contributed by atoms with E-state index in [1.807, 2.05) is 38.1 Å². The zero-order valence-corrected chi connectivity index (χ0v) is 10.6. The Morgan fingerprint density at radius 3 is 2.61 bits per heavy atom. The average molecular weight is 247 g/mol. The fraction of sp³-hybridized carbons (Fsp3) is 0.385. The number of hydrogen-bond acceptors (Lipinski definition) is 3. The molecule has 96 valence electrons. The van der Waals surface area contributed by atoms with Crippen LogP contribution in [-0.4, -0.2) is 24.9 Å². The maximum absolute atomic E-state index is 11.9. The predicted molar refractivity (Wildman–Crippen MR) is 69.0 cm³/mol. The van der Waals surface area contributed by atoms with Crippen LogP contribution in [0.1, 0.15) is 19.4 Å². The van der Waals surface area contributed by atoms with Crippen molar-refractivity contribution in [3.05, 3.63) is 29.8 Å². The maximum atomic E-state index is 11.9. The number of anilines is 1. The third-order valence-corrected chi connectivity index (χ3v) is 2.95. The van der Waals surface area contributed by atoms with Crippen LogP contribution in [0.5, 0.6) is 0 Å². The number of carbonyl (C=O) groups excluding carboxylic acids is 2. The lowest BCUT2D eigenvalue weighted by atomic mass is 9.93. The minimum absolute atomic E-state index is 0.462. The minimum Gasteiger partial charge on any atom is -0.346 e. The van der Waals surface area contributed by atoms with Crippen LogP contribution in [0, 0.1) is 0 Å². The number of nitrogens with zero attached hydrogens (tertiary/aromatic N) is 1. The van der Waals surface area contributed by atoms with Crippen LogP contribution in [0.25, 0.3) is 0 Å². The molecule has 1 fully saturated rings. The SMILES string of the molecule is CC(C)(N)c1ccccc1N1CCNC(=O)C1=O. The van der Waals surface area contributed by atoms with Gasteiger partial charge in [-0.2, -0.15) is 0 Å². The second-order valence-corrected chi connectivity index (χ2v) is 4.95. The molecule has 0 unspecified atom stereocenters. The number of piperazine rings is 1. The molecule has 0 aliphatic carbocycles. The number of rotatable bonds is 2. The Balaban J connectivity index is 2.45. The first kappa shape index (κ1) is 12.6. The minimum atomic E-state index is -0.565. The van der Waals surface area contributed by atoms with Crippen LogP contribution < -0.4 is 16.0 Å². The van der Waals surface area contributed by atoms with E-state index >= 15 is 0 Å². The van der Waals surface area contributed by atoms with Gasteiger partial charge in [-0.05, 0) is 25.5 Å². The summed E-state index contributed by atoms with van der Waals surface area (Å²) in [5, 5.41) is 2.53. The van der Waals surface area contributed by atoms with Crippen molar-refractivity contribution in [2.45, 2.75) is 19.4 Å². The van der Waals surface area contributed by atoms with Crippen molar-refractivity contribution >= 4 is 17.5 Å². The third-order valence-electron chi connectivity index (χ3n) is 2.95. The van der Waals surface area contributed by atoms with Gasteiger partial charge >= 0.3 is 11.8 Å². The Morgan fingerprint density at radius 1 is 1.28 bits per heavy atom. The Morgan fingerprint density at radius 2 is 1.94 bits per heavy atom. The second kappa shape index (κ2) is 4.42. The predicted octanol–water partition coefficient (Wildman–Crippen LogP) is 0.343. The highest BCUT2D eigenvalue weighted by Gasteiger charge is 2.30. The number of hydrogen-bond donors (Lipinski definition) is 2. The fourth-order valence-corrected chi connectivity index (χ4v) is 2.06. The van der Waals surface area contributed by atoms with E-state index in [-0.39, 0.29) is 0 Å². The van der Waals surface area contributed by atoms with Gasteiger partial charge in [-0.3, -0.25) is 9.59 Å². The summed E-state index contributed by atoms with van der Waals surface area (Å²) in [5.74, 6) is -1.09. The van der Waals surface area contributed by atoms with Gasteiger partial charge in [0.05, 0.1) is 0 Å². The quantitative estimate of drug-likeness (QED) is 0.740. The lowest BCUT2D eigenvalue weighted by molar-refractivity contribution is -0.138. The van der Waals surface area contributed by atoms with Crippen molar-refractivity contribution in [3.8, 4) is 0 Å². The van der Waals surface area contributed by atoms with Crippen molar-refractivity contribution in [2.24, 2.45) is 5.73 Å². The second-order valence-electron chi connectivity index (χ2n) is 4.95. The van der Waals surface area contributed by atoms with Crippen LogP contribution in [0.4, 0.5) is 5.69 Å². The van der Waals surface area contributed by atoms with Crippen LogP contribution in [0.3, 0.4) is 0 Å². The first-order valence-corrected chi connectivity index (χ1v) is 5.89. The van der Waals surface area contributed by atoms with E-state index in [2.05, 4.69) is 5.32 Å². The van der Waals surface area contributed by atoms with E-state index in [4.69, 9.17) is 5.73 Å². The molecule has 1 aromatic rings. The van der Waals surface area contributed by atoms with E-state index in [1.165, 1.54) is 4.90 Å². The highest BCUT2D eigenvalue weighted by Crippen LogP contribution is 2.29. The molecule has 1 aliphatic rings. The van der Waals surface area contributed by atoms with Crippen LogP contribution in [0.2, 0.25) is 0 Å². The number of para-hydroxylation sites is 1. The molecular weight excluding hydrogens is 230 g/mol. The van der Waals surface area contributed by atoms with Crippen molar-refractivity contribution in [1.82, 2.24) is 5.32 Å². The highest BCUT2D eigenvalue weighted by atomic mass is 16.2. The number of carbonyl (C=O) groups is 2. The number of benzene rings is 1. The lowest BCUT2D eigenvalue weighted by Crippen LogP contribution is -2.53. The van der Waals surface area contributed by atoms with Crippen LogP contribution in [-0.2, 0) is 15.1 Å². The van der Waals surface area contributed by atoms with Gasteiger partial charge < -0.3 is 16.0 Å². The van der Waals surface area contributed by atoms with Crippen molar-refractivity contribution < 1.29 is 9.59 Å². The average Bonchev–Trinajstić information content (AvgIpc) is 2.32. The molecule has 5 heteroatoms. The lowest BCUT2D eigenvalue weighted by Gasteiger charge is -2.31. The zero-order chi connectivity index (χ0) is 13.3. The van der Waals surface area contributed by atoms with Gasteiger partial charge in [0.25, 0.3) is 0 Å². The van der Waals surface area contributed by atoms with Gasteiger partial charge in [0, 0.05) is 24.3 Å². The Labute approximate surface area is 106 Å². The molecule has 1 aliphatic heterocycles. The topological polar surface area (TPSA) is 75.4 Å². The fourth-order valence-electron chi connectivity index (χ4n) is 2.06. The van der Waals surface area contributed by atoms with Gasteiger partial charge in [-0.1, -0.05) is 18.2 Å². The molecule has 0 bridgehead atoms. The maximum Gasteiger partial charge on any atom is 0.316 e. The first-order valence-electron chi connectivity index (χ1n) is 5.89. The Hall–Kier alpha value is -1.88. The monoisotopic (exact) mass is 247 g/mol. The normalized spacial score (nSPS) is 16.7. The summed E-state index contributed by atoms with van der Waals surface area (Å²) in [6.07, 6.45) is 0. The Kier molecular flexibility index (Phi) is 3.09. The molecule has 0 radical (unpaired) electrons. The van der Waals surface area contributed by atoms with Gasteiger partial charge in [0.1, 0.15) is 0 Å². The number of nitrogens with two attached hydrogens (primary N) is 1. The van der Waals surface area contributed by atoms with Gasteiger partial charge in [-0.25, -0.2) is 0 Å². The summed E-state index contributed by atoms with van der Waals surface area (Å²) in [6.45, 7) is 4.68. The molecule has 5 nitrogen and oxygen atoms in total. The van der Waals surface area contributed by atoms with Crippen molar-refractivity contribution in [2.75, 3.05) is 18.0 Å². The molecule has 1 heterocycles. The summed E-state index contributed by atoms with van der Waals surface area (Å²) in [7, 11) is 0. The summed E-state index contributed by atoms with van der Waals surface area (Å²) < 4.78 is 0. The molecular formula is C13H17N3O2. The van der Waals surface area contributed by atoms with Gasteiger partial charge in [0.2, 0.25) is 0 Å². The molecule has 18 heavy (non-hydrogen) atoms. The van der Waals surface area contributed by atoms with E-state index in [0.717, 1.165) is 5.56 Å². The van der Waals surface area contributed by atoms with Crippen LogP contribution >= 0.6 is 0 Å². The summed E-state index contributed by atoms with van der Waals surface area (Å²) >= 11 is 0. The van der Waals surface area contributed by atoms with E-state index in [9.17, 15) is 9.59 Å². The largest absolute Gasteiger partial charge is 0.346 e. The molecule has 1 saturated heterocycles. The summed E-state index contributed by atoms with van der Waals surface area (Å²) in [5.41, 5.74) is 7.11. The zero-order valence-electron chi connectivity index (χ0n) is 10.6. The first-order chi connectivity index (χ1) is 8.41. The van der Waals surface area contributed by atoms with E-state index < -0.39 is 17.4 Å². The van der Waals surface area contributed by atoms with E-state index in [0.29, 0.717) is 18.8 Å². The standard InChI is InChI=1S/C13H17N3O2/c1-13(2,14)9-5-3-4-6-10(9)16-8-7-15-11(17)12(16)18/h3-6H,7-8,14H2,1-2H3,(H,15,17). The molecule has 1 aromatic carbocycles. The van der Waals surface area contributed by atoms with Crippen LogP contribution in [0.15, 0.2) is 24.3 Å². The smallest absolute Gasteiger partial charge is 0.316 e. The third kappa shape index (κ3) is 2.22.